The highest BCUT2D eigenvalue weighted by Gasteiger charge is 2.34. The maximum atomic E-state index is 13.3. The highest BCUT2D eigenvalue weighted by Crippen LogP contribution is 2.34. The van der Waals surface area contributed by atoms with E-state index < -0.39 is 11.8 Å². The highest BCUT2D eigenvalue weighted by molar-refractivity contribution is 6.37. The van der Waals surface area contributed by atoms with Crippen molar-refractivity contribution in [2.24, 2.45) is 0 Å². The number of methoxy groups -OCH3 is 1. The highest BCUT2D eigenvalue weighted by atomic mass is 16.5. The number of para-hydroxylation sites is 2. The number of anilines is 1. The van der Waals surface area contributed by atoms with E-state index in [2.05, 4.69) is 0 Å². The van der Waals surface area contributed by atoms with Crippen molar-refractivity contribution in [1.82, 2.24) is 0 Å². The standard InChI is InChI=1S/C28H19NO4/c1-33-25-13-6-5-8-18(25)14-17-24(30)20-15-16-23-26-21(20)11-7-12-22(26)27(31)29(28(23)32)19-9-3-2-4-10-19/h2-17H,1H3/b17-14+. The lowest BCUT2D eigenvalue weighted by Gasteiger charge is -2.27. The Morgan fingerprint density at radius 1 is 0.788 bits per heavy atom. The van der Waals surface area contributed by atoms with E-state index in [0.717, 1.165) is 5.56 Å². The molecule has 2 amide bonds. The van der Waals surface area contributed by atoms with Crippen LogP contribution in [-0.4, -0.2) is 24.7 Å². The minimum atomic E-state index is -0.404. The van der Waals surface area contributed by atoms with E-state index in [1.165, 1.54) is 11.0 Å². The zero-order chi connectivity index (χ0) is 22.9. The molecule has 0 spiro atoms. The summed E-state index contributed by atoms with van der Waals surface area (Å²) >= 11 is 0. The fourth-order valence-corrected chi connectivity index (χ4v) is 4.18. The monoisotopic (exact) mass is 433 g/mol. The van der Waals surface area contributed by atoms with E-state index >= 15 is 0 Å². The number of rotatable bonds is 5. The summed E-state index contributed by atoms with van der Waals surface area (Å²) in [5.41, 5.74) is 2.51. The van der Waals surface area contributed by atoms with Gasteiger partial charge < -0.3 is 4.74 Å². The molecule has 1 aliphatic heterocycles. The van der Waals surface area contributed by atoms with Crippen molar-refractivity contribution in [1.29, 1.82) is 0 Å². The summed E-state index contributed by atoms with van der Waals surface area (Å²) in [6.07, 6.45) is 3.18. The van der Waals surface area contributed by atoms with Crippen LogP contribution in [0.1, 0.15) is 36.6 Å². The van der Waals surface area contributed by atoms with Crippen molar-refractivity contribution in [3.05, 3.63) is 113 Å². The molecule has 33 heavy (non-hydrogen) atoms. The number of carbonyl (C=O) groups is 3. The molecule has 0 atom stereocenters. The van der Waals surface area contributed by atoms with Crippen LogP contribution in [0.25, 0.3) is 16.8 Å². The molecule has 0 unspecified atom stereocenters. The molecular formula is C28H19NO4. The molecule has 5 heteroatoms. The third-order valence-corrected chi connectivity index (χ3v) is 5.74. The molecule has 0 bridgehead atoms. The van der Waals surface area contributed by atoms with Gasteiger partial charge in [0.1, 0.15) is 5.75 Å². The lowest BCUT2D eigenvalue weighted by molar-refractivity contribution is 0.0892. The predicted octanol–water partition coefficient (Wildman–Crippen LogP) is 5.55. The third kappa shape index (κ3) is 3.40. The number of ether oxygens (including phenoxy) is 1. The van der Waals surface area contributed by atoms with Gasteiger partial charge in [-0.25, -0.2) is 4.90 Å². The van der Waals surface area contributed by atoms with Gasteiger partial charge >= 0.3 is 0 Å². The minimum Gasteiger partial charge on any atom is -0.496 e. The molecule has 0 radical (unpaired) electrons. The summed E-state index contributed by atoms with van der Waals surface area (Å²) in [4.78, 5) is 40.8. The number of amides is 2. The molecule has 0 aliphatic carbocycles. The molecule has 5 nitrogen and oxygen atoms in total. The van der Waals surface area contributed by atoms with Gasteiger partial charge in [-0.3, -0.25) is 14.4 Å². The first-order chi connectivity index (χ1) is 16.1. The number of hydrogen-bond acceptors (Lipinski definition) is 4. The van der Waals surface area contributed by atoms with Crippen LogP contribution in [0.3, 0.4) is 0 Å². The summed E-state index contributed by atoms with van der Waals surface area (Å²) in [7, 11) is 1.58. The first-order valence-corrected chi connectivity index (χ1v) is 10.4. The Balaban J connectivity index is 1.59. The molecule has 0 fully saturated rings. The number of ketones is 1. The average Bonchev–Trinajstić information content (AvgIpc) is 2.86. The van der Waals surface area contributed by atoms with Gasteiger partial charge in [-0.2, -0.15) is 0 Å². The third-order valence-electron chi connectivity index (χ3n) is 5.74. The van der Waals surface area contributed by atoms with Crippen molar-refractivity contribution < 1.29 is 19.1 Å². The van der Waals surface area contributed by atoms with E-state index in [0.29, 0.717) is 38.9 Å². The number of benzene rings is 4. The maximum absolute atomic E-state index is 13.3. The van der Waals surface area contributed by atoms with Crippen LogP contribution in [0.15, 0.2) is 91.0 Å². The zero-order valence-electron chi connectivity index (χ0n) is 17.8. The minimum absolute atomic E-state index is 0.227. The van der Waals surface area contributed by atoms with Crippen LogP contribution in [0.2, 0.25) is 0 Å². The summed E-state index contributed by atoms with van der Waals surface area (Å²) in [5.74, 6) is -0.373. The molecular weight excluding hydrogens is 414 g/mol. The van der Waals surface area contributed by atoms with Gasteiger partial charge in [0.25, 0.3) is 11.8 Å². The molecule has 0 aromatic heterocycles. The Labute approximate surface area is 190 Å². The van der Waals surface area contributed by atoms with E-state index in [1.54, 1.807) is 67.8 Å². The van der Waals surface area contributed by atoms with Crippen LogP contribution in [0, 0.1) is 0 Å². The fourth-order valence-electron chi connectivity index (χ4n) is 4.18. The van der Waals surface area contributed by atoms with Crippen molar-refractivity contribution in [3.63, 3.8) is 0 Å². The molecule has 160 valence electrons. The second-order valence-corrected chi connectivity index (χ2v) is 7.61. The summed E-state index contributed by atoms with van der Waals surface area (Å²) < 4.78 is 5.34. The summed E-state index contributed by atoms with van der Waals surface area (Å²) in [6, 6.07) is 24.7. The molecule has 1 aliphatic rings. The van der Waals surface area contributed by atoms with Crippen molar-refractivity contribution in [3.8, 4) is 5.75 Å². The number of allylic oxidation sites excluding steroid dienone is 1. The van der Waals surface area contributed by atoms with E-state index in [4.69, 9.17) is 4.74 Å². The van der Waals surface area contributed by atoms with Crippen LogP contribution < -0.4 is 9.64 Å². The van der Waals surface area contributed by atoms with Gasteiger partial charge in [-0.1, -0.05) is 48.5 Å². The second kappa shape index (κ2) is 8.20. The number of nitrogens with zero attached hydrogens (tertiary/aromatic N) is 1. The summed E-state index contributed by atoms with van der Waals surface area (Å²) in [6.45, 7) is 0. The van der Waals surface area contributed by atoms with E-state index in [1.807, 2.05) is 30.3 Å². The smallest absolute Gasteiger partial charge is 0.265 e. The number of hydrogen-bond donors (Lipinski definition) is 0. The molecule has 0 saturated heterocycles. The van der Waals surface area contributed by atoms with Gasteiger partial charge in [0.05, 0.1) is 12.8 Å². The van der Waals surface area contributed by atoms with Gasteiger partial charge in [0.15, 0.2) is 5.78 Å². The Bertz CT molecular complexity index is 1430. The number of imide groups is 1. The van der Waals surface area contributed by atoms with Gasteiger partial charge in [-0.15, -0.1) is 0 Å². The predicted molar refractivity (Wildman–Crippen MR) is 128 cm³/mol. The Kier molecular flexibility index (Phi) is 5.07. The molecule has 4 aromatic rings. The normalized spacial score (nSPS) is 13.1. The SMILES string of the molecule is COc1ccccc1/C=C/C(=O)c1ccc2c3c(cccc13)C(=O)N(c1ccccc1)C2=O. The second-order valence-electron chi connectivity index (χ2n) is 7.61. The lowest BCUT2D eigenvalue weighted by atomic mass is 9.89. The van der Waals surface area contributed by atoms with Gasteiger partial charge in [-0.05, 0) is 53.9 Å². The molecule has 0 N–H and O–H groups in total. The van der Waals surface area contributed by atoms with Crippen molar-refractivity contribution in [2.75, 3.05) is 12.0 Å². The average molecular weight is 433 g/mol. The first kappa shape index (κ1) is 20.4. The Morgan fingerprint density at radius 3 is 2.24 bits per heavy atom. The molecule has 1 heterocycles. The maximum Gasteiger partial charge on any atom is 0.265 e. The fraction of sp³-hybridized carbons (Fsp3) is 0.0357. The van der Waals surface area contributed by atoms with Gasteiger partial charge in [0, 0.05) is 27.6 Å². The van der Waals surface area contributed by atoms with E-state index in [9.17, 15) is 14.4 Å². The molecule has 5 rings (SSSR count). The largest absolute Gasteiger partial charge is 0.496 e. The van der Waals surface area contributed by atoms with Crippen LogP contribution in [0.5, 0.6) is 5.75 Å². The quantitative estimate of drug-likeness (QED) is 0.235. The topological polar surface area (TPSA) is 63.7 Å². The lowest BCUT2D eigenvalue weighted by Crippen LogP contribution is -2.40. The van der Waals surface area contributed by atoms with Crippen molar-refractivity contribution >= 4 is 40.1 Å². The first-order valence-electron chi connectivity index (χ1n) is 10.4. The summed E-state index contributed by atoms with van der Waals surface area (Å²) in [5, 5.41) is 1.09. The van der Waals surface area contributed by atoms with Crippen LogP contribution in [-0.2, 0) is 0 Å². The van der Waals surface area contributed by atoms with Crippen LogP contribution >= 0.6 is 0 Å². The molecule has 0 saturated carbocycles. The zero-order valence-corrected chi connectivity index (χ0v) is 17.8. The van der Waals surface area contributed by atoms with E-state index in [-0.39, 0.29) is 5.78 Å². The van der Waals surface area contributed by atoms with Crippen molar-refractivity contribution in [2.45, 2.75) is 0 Å². The van der Waals surface area contributed by atoms with Crippen LogP contribution in [0.4, 0.5) is 5.69 Å². The Morgan fingerprint density at radius 2 is 1.48 bits per heavy atom. The number of carbonyl (C=O) groups excluding carboxylic acids is 3. The molecule has 4 aromatic carbocycles. The van der Waals surface area contributed by atoms with Gasteiger partial charge in [0.2, 0.25) is 0 Å². The Hall–Kier alpha value is -4.51.